The van der Waals surface area contributed by atoms with Crippen LogP contribution in [-0.2, 0) is 19.3 Å². The first-order chi connectivity index (χ1) is 10.2. The van der Waals surface area contributed by atoms with Crippen molar-refractivity contribution in [2.24, 2.45) is 29.1 Å². The van der Waals surface area contributed by atoms with Crippen molar-refractivity contribution in [2.45, 2.75) is 69.4 Å². The number of rotatable bonds is 0. The van der Waals surface area contributed by atoms with Gasteiger partial charge >= 0.3 is 0 Å². The number of carbonyl (C=O) groups excluding carboxylic acids is 1. The second-order valence-corrected chi connectivity index (χ2v) is 8.48. The van der Waals surface area contributed by atoms with Gasteiger partial charge in [-0.2, -0.15) is 9.78 Å². The zero-order valence-corrected chi connectivity index (χ0v) is 12.3. The van der Waals surface area contributed by atoms with Gasteiger partial charge in [-0.1, -0.05) is 6.42 Å². The van der Waals surface area contributed by atoms with Gasteiger partial charge in [0, 0.05) is 24.7 Å². The van der Waals surface area contributed by atoms with Crippen molar-refractivity contribution in [3.8, 4) is 0 Å². The summed E-state index contributed by atoms with van der Waals surface area (Å²) in [6.45, 7) is 0. The summed E-state index contributed by atoms with van der Waals surface area (Å²) in [4.78, 5) is 24.6. The van der Waals surface area contributed by atoms with E-state index in [1.807, 2.05) is 0 Å². The maximum absolute atomic E-state index is 12.8. The maximum atomic E-state index is 12.8. The van der Waals surface area contributed by atoms with E-state index < -0.39 is 11.6 Å². The quantitative estimate of drug-likeness (QED) is 0.643. The summed E-state index contributed by atoms with van der Waals surface area (Å²) in [6.07, 6.45) is 9.80. The highest BCUT2D eigenvalue weighted by Gasteiger charge is 2.80. The molecule has 0 N–H and O–H groups in total. The molecule has 0 amide bonds. The first-order valence-electron chi connectivity index (χ1n) is 8.78. The van der Waals surface area contributed by atoms with Crippen LogP contribution in [0.25, 0.3) is 0 Å². The van der Waals surface area contributed by atoms with Gasteiger partial charge in [-0.3, -0.25) is 4.79 Å². The molecule has 5 unspecified atom stereocenters. The number of hydrogen-bond acceptors (Lipinski definition) is 4. The molecule has 3 bridgehead atoms. The standard InChI is InChI=1S/C17H22O4/c18-14-12-7-10-6-11-8-15(10,12)9-13(14)17(11)19-16(20-21-17)4-2-1-3-5-16/h10-13H,1-9H2/t10?,11?,12?,13?,15?,17-/m1/s1. The van der Waals surface area contributed by atoms with E-state index >= 15 is 0 Å². The molecule has 21 heavy (non-hydrogen) atoms. The molecule has 6 atom stereocenters. The van der Waals surface area contributed by atoms with Gasteiger partial charge < -0.3 is 4.74 Å². The van der Waals surface area contributed by atoms with E-state index in [-0.39, 0.29) is 5.92 Å². The first-order valence-corrected chi connectivity index (χ1v) is 8.78. The van der Waals surface area contributed by atoms with Crippen LogP contribution in [0.1, 0.15) is 57.8 Å². The van der Waals surface area contributed by atoms with E-state index in [1.54, 1.807) is 0 Å². The largest absolute Gasteiger partial charge is 0.311 e. The van der Waals surface area contributed by atoms with Crippen molar-refractivity contribution in [3.05, 3.63) is 0 Å². The molecule has 4 nitrogen and oxygen atoms in total. The predicted molar refractivity (Wildman–Crippen MR) is 71.7 cm³/mol. The average molecular weight is 290 g/mol. The Morgan fingerprint density at radius 2 is 1.76 bits per heavy atom. The van der Waals surface area contributed by atoms with Gasteiger partial charge in [0.05, 0.1) is 5.92 Å². The molecular formula is C17H22O4. The molecule has 114 valence electrons. The fourth-order valence-corrected chi connectivity index (χ4v) is 6.87. The Labute approximate surface area is 124 Å². The summed E-state index contributed by atoms with van der Waals surface area (Å²) in [5.41, 5.74) is 0.340. The summed E-state index contributed by atoms with van der Waals surface area (Å²) < 4.78 is 6.55. The Kier molecular flexibility index (Phi) is 1.94. The van der Waals surface area contributed by atoms with Crippen LogP contribution in [0.4, 0.5) is 0 Å². The second kappa shape index (κ2) is 3.39. The number of fused-ring (bicyclic) bond motifs is 4. The Hall–Kier alpha value is -0.450. The van der Waals surface area contributed by atoms with Crippen molar-refractivity contribution in [2.75, 3.05) is 0 Å². The monoisotopic (exact) mass is 290 g/mol. The molecular weight excluding hydrogens is 268 g/mol. The van der Waals surface area contributed by atoms with E-state index in [1.165, 1.54) is 12.8 Å². The summed E-state index contributed by atoms with van der Waals surface area (Å²) in [5.74, 6) is 0.511. The third-order valence-corrected chi connectivity index (χ3v) is 7.83. The van der Waals surface area contributed by atoms with Crippen LogP contribution in [0.3, 0.4) is 0 Å². The molecule has 6 fully saturated rings. The molecule has 0 aromatic carbocycles. The van der Waals surface area contributed by atoms with Gasteiger partial charge in [-0.25, -0.2) is 0 Å². The lowest BCUT2D eigenvalue weighted by molar-refractivity contribution is -0.372. The van der Waals surface area contributed by atoms with Crippen LogP contribution in [-0.4, -0.2) is 17.4 Å². The average Bonchev–Trinajstić information content (AvgIpc) is 3.02. The molecule has 1 aliphatic heterocycles. The van der Waals surface area contributed by atoms with Crippen LogP contribution < -0.4 is 0 Å². The van der Waals surface area contributed by atoms with Gasteiger partial charge in [0.2, 0.25) is 11.6 Å². The molecule has 0 aromatic rings. The molecule has 3 spiro atoms. The maximum Gasteiger partial charge on any atom is 0.217 e. The number of hydrogen-bond donors (Lipinski definition) is 0. The molecule has 4 heteroatoms. The lowest BCUT2D eigenvalue weighted by Crippen LogP contribution is -2.51. The highest BCUT2D eigenvalue weighted by Crippen LogP contribution is 2.77. The predicted octanol–water partition coefficient (Wildman–Crippen LogP) is 2.96. The second-order valence-electron chi connectivity index (χ2n) is 8.48. The Morgan fingerprint density at radius 3 is 2.62 bits per heavy atom. The van der Waals surface area contributed by atoms with Gasteiger partial charge in [0.1, 0.15) is 5.78 Å². The van der Waals surface area contributed by atoms with Gasteiger partial charge in [0.15, 0.2) is 0 Å². The van der Waals surface area contributed by atoms with Crippen LogP contribution in [0.2, 0.25) is 0 Å². The number of Topliss-reactive ketones (excluding diaryl/α,β-unsaturated/α-hetero) is 1. The summed E-state index contributed by atoms with van der Waals surface area (Å²) in [7, 11) is 0. The summed E-state index contributed by atoms with van der Waals surface area (Å²) in [5, 5.41) is 0. The van der Waals surface area contributed by atoms with Crippen LogP contribution in [0.15, 0.2) is 0 Å². The Bertz CT molecular complexity index is 539. The van der Waals surface area contributed by atoms with Gasteiger partial charge in [-0.15, -0.1) is 0 Å². The lowest BCUT2D eigenvalue weighted by Gasteiger charge is -2.48. The topological polar surface area (TPSA) is 44.8 Å². The molecule has 0 aromatic heterocycles. The van der Waals surface area contributed by atoms with Crippen LogP contribution in [0.5, 0.6) is 0 Å². The smallest absolute Gasteiger partial charge is 0.217 e. The van der Waals surface area contributed by atoms with Gasteiger partial charge in [-0.05, 0) is 49.9 Å². The minimum absolute atomic E-state index is 0.0601. The van der Waals surface area contributed by atoms with Crippen molar-refractivity contribution in [1.82, 2.24) is 0 Å². The van der Waals surface area contributed by atoms with Gasteiger partial charge in [0.25, 0.3) is 0 Å². The molecule has 0 radical (unpaired) electrons. The molecule has 5 aliphatic carbocycles. The fourth-order valence-electron chi connectivity index (χ4n) is 6.87. The number of carbonyl (C=O) groups is 1. The third kappa shape index (κ3) is 1.14. The number of ketones is 1. The highest BCUT2D eigenvalue weighted by molar-refractivity contribution is 5.90. The minimum Gasteiger partial charge on any atom is -0.311 e. The minimum atomic E-state index is -0.734. The van der Waals surface area contributed by atoms with E-state index in [4.69, 9.17) is 14.5 Å². The van der Waals surface area contributed by atoms with Crippen molar-refractivity contribution < 1.29 is 19.3 Å². The normalized spacial score (nSPS) is 59.0. The lowest BCUT2D eigenvalue weighted by atomic mass is 9.55. The zero-order valence-electron chi connectivity index (χ0n) is 12.3. The van der Waals surface area contributed by atoms with E-state index in [9.17, 15) is 4.79 Å². The van der Waals surface area contributed by atoms with E-state index in [0.717, 1.165) is 50.9 Å². The molecule has 5 saturated carbocycles. The van der Waals surface area contributed by atoms with Crippen molar-refractivity contribution in [3.63, 3.8) is 0 Å². The van der Waals surface area contributed by atoms with E-state index in [0.29, 0.717) is 23.0 Å². The van der Waals surface area contributed by atoms with Crippen molar-refractivity contribution in [1.29, 1.82) is 0 Å². The Balaban J connectivity index is 1.42. The molecule has 1 saturated heterocycles. The zero-order chi connectivity index (χ0) is 13.9. The molecule has 6 rings (SSSR count). The highest BCUT2D eigenvalue weighted by atomic mass is 17.3. The van der Waals surface area contributed by atoms with E-state index in [2.05, 4.69) is 0 Å². The summed E-state index contributed by atoms with van der Waals surface area (Å²) in [6, 6.07) is 0. The fraction of sp³-hybridized carbons (Fsp3) is 0.941. The van der Waals surface area contributed by atoms with Crippen LogP contribution in [0, 0.1) is 29.1 Å². The summed E-state index contributed by atoms with van der Waals surface area (Å²) >= 11 is 0. The molecule has 1 heterocycles. The molecule has 6 aliphatic rings. The van der Waals surface area contributed by atoms with Crippen LogP contribution >= 0.6 is 0 Å². The number of ether oxygens (including phenoxy) is 1. The SMILES string of the molecule is O=C1C2CC3CC4CC32CC1[C@]41OOC2(CCCCC2)O1. The first kappa shape index (κ1) is 12.0. The Morgan fingerprint density at radius 1 is 0.905 bits per heavy atom. The van der Waals surface area contributed by atoms with Crippen molar-refractivity contribution >= 4 is 5.78 Å². The third-order valence-electron chi connectivity index (χ3n) is 7.83.